The highest BCUT2D eigenvalue weighted by molar-refractivity contribution is 5.76. The van der Waals surface area contributed by atoms with Crippen LogP contribution in [0.3, 0.4) is 0 Å². The summed E-state index contributed by atoms with van der Waals surface area (Å²) in [6.45, 7) is 3.79. The van der Waals surface area contributed by atoms with Gasteiger partial charge in [-0.05, 0) is 19.8 Å². The van der Waals surface area contributed by atoms with Crippen molar-refractivity contribution < 1.29 is 9.90 Å². The van der Waals surface area contributed by atoms with Crippen LogP contribution in [-0.2, 0) is 11.2 Å². The van der Waals surface area contributed by atoms with E-state index in [2.05, 4.69) is 15.3 Å². The van der Waals surface area contributed by atoms with Gasteiger partial charge >= 0.3 is 5.69 Å². The van der Waals surface area contributed by atoms with Gasteiger partial charge in [0.15, 0.2) is 0 Å². The first-order valence-electron chi connectivity index (χ1n) is 6.70. The molecule has 0 bridgehead atoms. The fourth-order valence-electron chi connectivity index (χ4n) is 1.92. The molecule has 20 heavy (non-hydrogen) atoms. The molecule has 1 aromatic rings. The predicted octanol–water partition coefficient (Wildman–Crippen LogP) is -0.419. The molecule has 0 aromatic carbocycles. The number of hydrogen-bond donors (Lipinski definition) is 4. The van der Waals surface area contributed by atoms with E-state index in [1.54, 1.807) is 6.92 Å². The number of aliphatic hydroxyl groups is 1. The highest BCUT2D eigenvalue weighted by Crippen LogP contribution is 2.00. The zero-order valence-electron chi connectivity index (χ0n) is 11.8. The molecule has 0 aliphatic heterocycles. The number of amides is 1. The maximum atomic E-state index is 11.6. The SMILES string of the molecule is CCCC(O)CNC(=O)CCc1c(C)[nH]c(=O)[nH]c1=O. The number of carbonyl (C=O) groups is 1. The second kappa shape index (κ2) is 7.64. The third kappa shape index (κ3) is 5.00. The average Bonchev–Trinajstić information content (AvgIpc) is 2.35. The van der Waals surface area contributed by atoms with Crippen molar-refractivity contribution in [2.24, 2.45) is 0 Å². The summed E-state index contributed by atoms with van der Waals surface area (Å²) in [7, 11) is 0. The summed E-state index contributed by atoms with van der Waals surface area (Å²) >= 11 is 0. The van der Waals surface area contributed by atoms with E-state index >= 15 is 0 Å². The van der Waals surface area contributed by atoms with Crippen LogP contribution >= 0.6 is 0 Å². The number of hydrogen-bond acceptors (Lipinski definition) is 4. The Bertz CT molecular complexity index is 561. The first kappa shape index (κ1) is 16.2. The number of rotatable bonds is 7. The molecule has 1 heterocycles. The second-order valence-electron chi connectivity index (χ2n) is 4.76. The van der Waals surface area contributed by atoms with Crippen molar-refractivity contribution in [3.63, 3.8) is 0 Å². The Hall–Kier alpha value is -1.89. The van der Waals surface area contributed by atoms with E-state index < -0.39 is 17.4 Å². The van der Waals surface area contributed by atoms with Crippen LogP contribution in [0.15, 0.2) is 9.59 Å². The lowest BCUT2D eigenvalue weighted by Crippen LogP contribution is -2.33. The van der Waals surface area contributed by atoms with Gasteiger partial charge in [0.1, 0.15) is 0 Å². The van der Waals surface area contributed by atoms with Crippen molar-refractivity contribution in [2.45, 2.75) is 45.6 Å². The molecule has 112 valence electrons. The summed E-state index contributed by atoms with van der Waals surface area (Å²) in [6.07, 6.45) is 1.33. The first-order chi connectivity index (χ1) is 9.43. The van der Waals surface area contributed by atoms with E-state index in [0.29, 0.717) is 17.7 Å². The van der Waals surface area contributed by atoms with Gasteiger partial charge in [-0.3, -0.25) is 14.6 Å². The summed E-state index contributed by atoms with van der Waals surface area (Å²) in [6, 6.07) is 0. The number of aryl methyl sites for hydroxylation is 1. The van der Waals surface area contributed by atoms with Crippen molar-refractivity contribution in [3.05, 3.63) is 32.1 Å². The highest BCUT2D eigenvalue weighted by atomic mass is 16.3. The van der Waals surface area contributed by atoms with Crippen molar-refractivity contribution in [2.75, 3.05) is 6.54 Å². The molecule has 0 spiro atoms. The normalized spacial score (nSPS) is 12.2. The van der Waals surface area contributed by atoms with Crippen LogP contribution in [0.1, 0.15) is 37.4 Å². The van der Waals surface area contributed by atoms with E-state index in [0.717, 1.165) is 6.42 Å². The van der Waals surface area contributed by atoms with Crippen molar-refractivity contribution >= 4 is 5.91 Å². The maximum Gasteiger partial charge on any atom is 0.325 e. The van der Waals surface area contributed by atoms with Gasteiger partial charge in [-0.15, -0.1) is 0 Å². The fraction of sp³-hybridized carbons (Fsp3) is 0.615. The van der Waals surface area contributed by atoms with Crippen LogP contribution in [0.4, 0.5) is 0 Å². The van der Waals surface area contributed by atoms with Crippen molar-refractivity contribution in [1.82, 2.24) is 15.3 Å². The summed E-state index contributed by atoms with van der Waals surface area (Å²) in [5.41, 5.74) is -0.153. The topological polar surface area (TPSA) is 115 Å². The number of nitrogens with one attached hydrogen (secondary N) is 3. The quantitative estimate of drug-likeness (QED) is 0.544. The minimum absolute atomic E-state index is 0.134. The van der Waals surface area contributed by atoms with E-state index in [1.165, 1.54) is 0 Å². The van der Waals surface area contributed by atoms with Gasteiger partial charge in [-0.25, -0.2) is 4.79 Å². The molecule has 7 nitrogen and oxygen atoms in total. The zero-order chi connectivity index (χ0) is 15.1. The van der Waals surface area contributed by atoms with Gasteiger partial charge in [0.2, 0.25) is 5.91 Å². The van der Waals surface area contributed by atoms with Crippen LogP contribution < -0.4 is 16.6 Å². The van der Waals surface area contributed by atoms with Crippen LogP contribution in [0.5, 0.6) is 0 Å². The number of carbonyl (C=O) groups excluding carboxylic acids is 1. The lowest BCUT2D eigenvalue weighted by Gasteiger charge is -2.10. The number of aromatic amines is 2. The Labute approximate surface area is 116 Å². The molecule has 7 heteroatoms. The van der Waals surface area contributed by atoms with Crippen LogP contribution in [-0.4, -0.2) is 33.6 Å². The Morgan fingerprint density at radius 2 is 2.05 bits per heavy atom. The predicted molar refractivity (Wildman–Crippen MR) is 74.7 cm³/mol. The molecule has 0 aliphatic rings. The van der Waals surface area contributed by atoms with Crippen LogP contribution in [0, 0.1) is 6.92 Å². The third-order valence-electron chi connectivity index (χ3n) is 3.01. The monoisotopic (exact) mass is 283 g/mol. The maximum absolute atomic E-state index is 11.6. The fourth-order valence-corrected chi connectivity index (χ4v) is 1.92. The molecule has 1 atom stereocenters. The molecule has 0 aliphatic carbocycles. The molecule has 4 N–H and O–H groups in total. The van der Waals surface area contributed by atoms with E-state index in [9.17, 15) is 19.5 Å². The molecule has 0 fully saturated rings. The van der Waals surface area contributed by atoms with Gasteiger partial charge in [0.25, 0.3) is 5.56 Å². The van der Waals surface area contributed by atoms with E-state index in [4.69, 9.17) is 0 Å². The molecule has 0 radical (unpaired) electrons. The van der Waals surface area contributed by atoms with Gasteiger partial charge in [-0.2, -0.15) is 0 Å². The molecule has 1 aromatic heterocycles. The van der Waals surface area contributed by atoms with E-state index in [-0.39, 0.29) is 25.3 Å². The molecule has 1 rings (SSSR count). The van der Waals surface area contributed by atoms with Crippen LogP contribution in [0.25, 0.3) is 0 Å². The van der Waals surface area contributed by atoms with Gasteiger partial charge in [0.05, 0.1) is 6.10 Å². The number of aromatic nitrogens is 2. The zero-order valence-corrected chi connectivity index (χ0v) is 11.8. The Kier molecular flexibility index (Phi) is 6.17. The first-order valence-corrected chi connectivity index (χ1v) is 6.70. The lowest BCUT2D eigenvalue weighted by molar-refractivity contribution is -0.121. The standard InChI is InChI=1S/C13H21N3O4/c1-3-4-9(17)7-14-11(18)6-5-10-8(2)15-13(20)16-12(10)19/h9,17H,3-7H2,1-2H3,(H,14,18)(H2,15,16,19,20). The molecular formula is C13H21N3O4. The Morgan fingerprint density at radius 1 is 1.35 bits per heavy atom. The highest BCUT2D eigenvalue weighted by Gasteiger charge is 2.10. The second-order valence-corrected chi connectivity index (χ2v) is 4.76. The molecule has 1 amide bonds. The van der Waals surface area contributed by atoms with Crippen molar-refractivity contribution in [1.29, 1.82) is 0 Å². The summed E-state index contributed by atoms with van der Waals surface area (Å²) in [4.78, 5) is 38.8. The molecular weight excluding hydrogens is 262 g/mol. The van der Waals surface area contributed by atoms with Gasteiger partial charge in [0, 0.05) is 24.2 Å². The summed E-state index contributed by atoms with van der Waals surface area (Å²) < 4.78 is 0. The Morgan fingerprint density at radius 3 is 2.65 bits per heavy atom. The van der Waals surface area contributed by atoms with Gasteiger partial charge in [-0.1, -0.05) is 13.3 Å². The number of aliphatic hydroxyl groups excluding tert-OH is 1. The minimum atomic E-state index is -0.552. The lowest BCUT2D eigenvalue weighted by atomic mass is 10.1. The Balaban J connectivity index is 2.50. The summed E-state index contributed by atoms with van der Waals surface area (Å²) in [5.74, 6) is -0.231. The summed E-state index contributed by atoms with van der Waals surface area (Å²) in [5, 5.41) is 12.1. The molecule has 0 saturated carbocycles. The smallest absolute Gasteiger partial charge is 0.325 e. The largest absolute Gasteiger partial charge is 0.391 e. The third-order valence-corrected chi connectivity index (χ3v) is 3.01. The average molecular weight is 283 g/mol. The molecule has 0 saturated heterocycles. The number of H-pyrrole nitrogens is 2. The minimum Gasteiger partial charge on any atom is -0.391 e. The molecule has 1 unspecified atom stereocenters. The van der Waals surface area contributed by atoms with Crippen LogP contribution in [0.2, 0.25) is 0 Å². The van der Waals surface area contributed by atoms with Gasteiger partial charge < -0.3 is 15.4 Å². The van der Waals surface area contributed by atoms with E-state index in [1.807, 2.05) is 6.92 Å². The van der Waals surface area contributed by atoms with Crippen molar-refractivity contribution in [3.8, 4) is 0 Å².